The molecule has 0 bridgehead atoms. The van der Waals surface area contributed by atoms with Gasteiger partial charge in [0.1, 0.15) is 6.04 Å². The van der Waals surface area contributed by atoms with Crippen molar-refractivity contribution in [2.75, 3.05) is 12.3 Å². The molecule has 9 heteroatoms. The van der Waals surface area contributed by atoms with Crippen molar-refractivity contribution >= 4 is 46.3 Å². The number of amides is 2. The van der Waals surface area contributed by atoms with Gasteiger partial charge in [-0.25, -0.2) is 9.97 Å². The summed E-state index contributed by atoms with van der Waals surface area (Å²) in [6.45, 7) is 3.99. The molecule has 2 aromatic heterocycles. The summed E-state index contributed by atoms with van der Waals surface area (Å²) in [5.74, 6) is -0.296. The molecule has 2 heterocycles. The van der Waals surface area contributed by atoms with E-state index in [9.17, 15) is 9.59 Å². The number of aromatic nitrogens is 3. The van der Waals surface area contributed by atoms with Crippen LogP contribution in [0, 0.1) is 0 Å². The van der Waals surface area contributed by atoms with Crippen LogP contribution >= 0.6 is 23.4 Å². The van der Waals surface area contributed by atoms with Crippen molar-refractivity contribution < 1.29 is 9.59 Å². The van der Waals surface area contributed by atoms with E-state index in [1.807, 2.05) is 6.92 Å². The fourth-order valence-electron chi connectivity index (χ4n) is 1.73. The largest absolute Gasteiger partial charge is 0.355 e. The molecule has 0 fully saturated rings. The highest BCUT2D eigenvalue weighted by molar-refractivity contribution is 7.99. The van der Waals surface area contributed by atoms with Crippen LogP contribution in [0.1, 0.15) is 13.8 Å². The first-order valence-electron chi connectivity index (χ1n) is 6.70. The molecule has 2 aromatic rings. The Kier molecular flexibility index (Phi) is 5.62. The molecular formula is C13H16ClN5O2S. The van der Waals surface area contributed by atoms with Crippen LogP contribution in [0.3, 0.4) is 0 Å². The van der Waals surface area contributed by atoms with Gasteiger partial charge in [-0.15, -0.1) is 0 Å². The topological polar surface area (TPSA) is 99.8 Å². The van der Waals surface area contributed by atoms with Crippen molar-refractivity contribution in [3.63, 3.8) is 0 Å². The van der Waals surface area contributed by atoms with Crippen LogP contribution in [0.15, 0.2) is 17.4 Å². The minimum Gasteiger partial charge on any atom is -0.355 e. The van der Waals surface area contributed by atoms with E-state index in [0.29, 0.717) is 27.9 Å². The fraction of sp³-hybridized carbons (Fsp3) is 0.385. The van der Waals surface area contributed by atoms with Crippen molar-refractivity contribution in [3.05, 3.63) is 17.3 Å². The summed E-state index contributed by atoms with van der Waals surface area (Å²) >= 11 is 7.08. The standard InChI is InChI=1S/C13H16ClN5O2S/c1-3-15-12(21)7(2)17-10(20)6-22-13-18-9-4-8(14)5-16-11(9)19-13/h4-5,7H,3,6H2,1-2H3,(H,15,21)(H,17,20)(H,16,18,19)/t7-/m1/s1. The minimum absolute atomic E-state index is 0.150. The highest BCUT2D eigenvalue weighted by Gasteiger charge is 2.15. The van der Waals surface area contributed by atoms with E-state index >= 15 is 0 Å². The predicted octanol–water partition coefficient (Wildman–Crippen LogP) is 1.34. The summed E-state index contributed by atoms with van der Waals surface area (Å²) in [5, 5.41) is 6.36. The van der Waals surface area contributed by atoms with E-state index in [1.165, 1.54) is 18.0 Å². The monoisotopic (exact) mass is 341 g/mol. The van der Waals surface area contributed by atoms with Gasteiger partial charge in [0, 0.05) is 12.7 Å². The number of nitrogens with zero attached hydrogens (tertiary/aromatic N) is 2. The Hall–Kier alpha value is -1.80. The number of pyridine rings is 1. The molecule has 0 aliphatic heterocycles. The SMILES string of the molecule is CCNC(=O)[C@@H](C)NC(=O)CSc1nc2ncc(Cl)cc2[nH]1. The van der Waals surface area contributed by atoms with Crippen LogP contribution in [0.4, 0.5) is 0 Å². The molecule has 0 saturated heterocycles. The Balaban J connectivity index is 1.88. The number of nitrogens with one attached hydrogen (secondary N) is 3. The third kappa shape index (κ3) is 4.35. The summed E-state index contributed by atoms with van der Waals surface area (Å²) in [7, 11) is 0. The predicted molar refractivity (Wildman–Crippen MR) is 85.9 cm³/mol. The maximum atomic E-state index is 11.8. The fourth-order valence-corrected chi connectivity index (χ4v) is 2.57. The molecule has 118 valence electrons. The summed E-state index contributed by atoms with van der Waals surface area (Å²) in [5.41, 5.74) is 1.26. The quantitative estimate of drug-likeness (QED) is 0.689. The lowest BCUT2D eigenvalue weighted by Crippen LogP contribution is -2.45. The summed E-state index contributed by atoms with van der Waals surface area (Å²) in [6.07, 6.45) is 1.51. The van der Waals surface area contributed by atoms with Crippen LogP contribution in [0.5, 0.6) is 0 Å². The first kappa shape index (κ1) is 16.6. The highest BCUT2D eigenvalue weighted by Crippen LogP contribution is 2.20. The van der Waals surface area contributed by atoms with Gasteiger partial charge >= 0.3 is 0 Å². The molecule has 0 aliphatic carbocycles. The number of imidazole rings is 1. The first-order valence-corrected chi connectivity index (χ1v) is 8.07. The zero-order valence-corrected chi connectivity index (χ0v) is 13.7. The Morgan fingerprint density at radius 2 is 2.27 bits per heavy atom. The average Bonchev–Trinajstić information content (AvgIpc) is 2.87. The van der Waals surface area contributed by atoms with Gasteiger partial charge in [0.15, 0.2) is 10.8 Å². The third-order valence-electron chi connectivity index (χ3n) is 2.74. The van der Waals surface area contributed by atoms with Gasteiger partial charge in [-0.1, -0.05) is 23.4 Å². The maximum Gasteiger partial charge on any atom is 0.242 e. The van der Waals surface area contributed by atoms with Crippen molar-refractivity contribution in [2.24, 2.45) is 0 Å². The number of aromatic amines is 1. The van der Waals surface area contributed by atoms with Gasteiger partial charge < -0.3 is 15.6 Å². The number of hydrogen-bond acceptors (Lipinski definition) is 5. The number of H-pyrrole nitrogens is 1. The van der Waals surface area contributed by atoms with Crippen molar-refractivity contribution in [2.45, 2.75) is 25.0 Å². The lowest BCUT2D eigenvalue weighted by atomic mass is 10.3. The average molecular weight is 342 g/mol. The number of halogens is 1. The van der Waals surface area contributed by atoms with E-state index in [-0.39, 0.29) is 17.6 Å². The van der Waals surface area contributed by atoms with Crippen LogP contribution in [-0.2, 0) is 9.59 Å². The van der Waals surface area contributed by atoms with Gasteiger partial charge in [0.05, 0.1) is 16.3 Å². The molecule has 2 rings (SSSR count). The Morgan fingerprint density at radius 1 is 1.50 bits per heavy atom. The lowest BCUT2D eigenvalue weighted by molar-refractivity contribution is -0.127. The van der Waals surface area contributed by atoms with Crippen LogP contribution in [0.2, 0.25) is 5.02 Å². The maximum absolute atomic E-state index is 11.8. The van der Waals surface area contributed by atoms with E-state index in [2.05, 4.69) is 25.6 Å². The van der Waals surface area contributed by atoms with Gasteiger partial charge in [0.25, 0.3) is 0 Å². The van der Waals surface area contributed by atoms with E-state index in [4.69, 9.17) is 11.6 Å². The Morgan fingerprint density at radius 3 is 3.00 bits per heavy atom. The molecule has 0 aromatic carbocycles. The second-order valence-corrected chi connectivity index (χ2v) is 5.94. The third-order valence-corrected chi connectivity index (χ3v) is 3.82. The zero-order valence-electron chi connectivity index (χ0n) is 12.1. The number of rotatable bonds is 6. The number of fused-ring (bicyclic) bond motifs is 1. The van der Waals surface area contributed by atoms with Gasteiger partial charge in [-0.2, -0.15) is 0 Å². The molecule has 0 aliphatic rings. The zero-order chi connectivity index (χ0) is 16.1. The number of thioether (sulfide) groups is 1. The normalized spacial score (nSPS) is 12.1. The van der Waals surface area contributed by atoms with Crippen LogP contribution in [0.25, 0.3) is 11.2 Å². The minimum atomic E-state index is -0.566. The van der Waals surface area contributed by atoms with Gasteiger partial charge in [-0.3, -0.25) is 9.59 Å². The number of carbonyl (C=O) groups is 2. The second-order valence-electron chi connectivity index (χ2n) is 4.54. The molecule has 7 nitrogen and oxygen atoms in total. The lowest BCUT2D eigenvalue weighted by Gasteiger charge is -2.12. The summed E-state index contributed by atoms with van der Waals surface area (Å²) in [4.78, 5) is 34.7. The summed E-state index contributed by atoms with van der Waals surface area (Å²) < 4.78 is 0. The van der Waals surface area contributed by atoms with Crippen molar-refractivity contribution in [1.29, 1.82) is 0 Å². The molecule has 22 heavy (non-hydrogen) atoms. The van der Waals surface area contributed by atoms with Crippen LogP contribution in [-0.4, -0.2) is 45.1 Å². The molecule has 0 spiro atoms. The molecule has 2 amide bonds. The molecule has 0 unspecified atom stereocenters. The summed E-state index contributed by atoms with van der Waals surface area (Å²) in [6, 6.07) is 1.15. The molecule has 1 atom stereocenters. The molecule has 0 radical (unpaired) electrons. The van der Waals surface area contributed by atoms with Gasteiger partial charge in [0.2, 0.25) is 11.8 Å². The van der Waals surface area contributed by atoms with E-state index in [1.54, 1.807) is 13.0 Å². The Bertz CT molecular complexity index is 690. The van der Waals surface area contributed by atoms with Gasteiger partial charge in [-0.05, 0) is 19.9 Å². The van der Waals surface area contributed by atoms with E-state index in [0.717, 1.165) is 0 Å². The second kappa shape index (κ2) is 7.46. The number of hydrogen-bond donors (Lipinski definition) is 3. The molecular weight excluding hydrogens is 326 g/mol. The Labute approximate surface area is 136 Å². The molecule has 3 N–H and O–H groups in total. The number of likely N-dealkylation sites (N-methyl/N-ethyl adjacent to an activating group) is 1. The smallest absolute Gasteiger partial charge is 0.242 e. The van der Waals surface area contributed by atoms with Crippen LogP contribution < -0.4 is 10.6 Å². The highest BCUT2D eigenvalue weighted by atomic mass is 35.5. The van der Waals surface area contributed by atoms with E-state index < -0.39 is 6.04 Å². The van der Waals surface area contributed by atoms with Crippen molar-refractivity contribution in [3.8, 4) is 0 Å². The van der Waals surface area contributed by atoms with Crippen molar-refractivity contribution in [1.82, 2.24) is 25.6 Å². The number of carbonyl (C=O) groups excluding carboxylic acids is 2. The first-order chi connectivity index (χ1) is 10.5. The molecule has 0 saturated carbocycles.